The van der Waals surface area contributed by atoms with Crippen molar-refractivity contribution in [1.82, 2.24) is 4.98 Å². The number of aromatic nitrogens is 1. The van der Waals surface area contributed by atoms with Crippen LogP contribution in [0.2, 0.25) is 0 Å². The molecule has 0 saturated carbocycles. The monoisotopic (exact) mass is 286 g/mol. The van der Waals surface area contributed by atoms with Crippen LogP contribution in [0.3, 0.4) is 0 Å². The molecule has 0 radical (unpaired) electrons. The van der Waals surface area contributed by atoms with Crippen molar-refractivity contribution in [3.05, 3.63) is 10.6 Å². The molecule has 1 aromatic rings. The second-order valence-corrected chi connectivity index (χ2v) is 5.11. The molecule has 0 aliphatic heterocycles. The lowest BCUT2D eigenvalue weighted by Gasteiger charge is -2.21. The van der Waals surface area contributed by atoms with Crippen LogP contribution >= 0.6 is 11.3 Å². The predicted octanol–water partition coefficient (Wildman–Crippen LogP) is 2.01. The number of carbonyl (C=O) groups excluding carboxylic acids is 1. The Morgan fingerprint density at radius 3 is 2.53 bits per heavy atom. The summed E-state index contributed by atoms with van der Waals surface area (Å²) in [6.45, 7) is 5.00. The zero-order chi connectivity index (χ0) is 14.1. The van der Waals surface area contributed by atoms with Gasteiger partial charge in [0.2, 0.25) is 0 Å². The molecule has 1 rings (SSSR count). The molecule has 0 unspecified atom stereocenters. The molecule has 108 valence electrons. The lowest BCUT2D eigenvalue weighted by molar-refractivity contribution is 0.112. The molecule has 0 aliphatic rings. The minimum Gasteiger partial charge on any atom is -0.385 e. The van der Waals surface area contributed by atoms with E-state index in [2.05, 4.69) is 9.88 Å². The Hall–Kier alpha value is -0.980. The van der Waals surface area contributed by atoms with Crippen LogP contribution in [-0.4, -0.2) is 51.8 Å². The van der Waals surface area contributed by atoms with Crippen molar-refractivity contribution in [2.24, 2.45) is 0 Å². The summed E-state index contributed by atoms with van der Waals surface area (Å²) < 4.78 is 10.2. The van der Waals surface area contributed by atoms with Crippen molar-refractivity contribution in [2.45, 2.75) is 19.8 Å². The van der Waals surface area contributed by atoms with Crippen molar-refractivity contribution in [3.63, 3.8) is 0 Å². The van der Waals surface area contributed by atoms with Gasteiger partial charge in [-0.2, -0.15) is 0 Å². The van der Waals surface area contributed by atoms with Crippen LogP contribution in [0, 0.1) is 0 Å². The second kappa shape index (κ2) is 9.01. The molecule has 6 heteroatoms. The highest BCUT2D eigenvalue weighted by atomic mass is 32.1. The SMILES string of the molecule is CCc1nc(N(CCCOC)CCOC)sc1C=O. The average Bonchev–Trinajstić information content (AvgIpc) is 2.85. The first-order chi connectivity index (χ1) is 9.26. The molecule has 1 heterocycles. The number of nitrogens with zero attached hydrogens (tertiary/aromatic N) is 2. The van der Waals surface area contributed by atoms with Crippen LogP contribution in [0.1, 0.15) is 28.7 Å². The number of anilines is 1. The fraction of sp³-hybridized carbons (Fsp3) is 0.692. The smallest absolute Gasteiger partial charge is 0.186 e. The van der Waals surface area contributed by atoms with E-state index in [0.29, 0.717) is 6.61 Å². The van der Waals surface area contributed by atoms with E-state index in [1.54, 1.807) is 14.2 Å². The van der Waals surface area contributed by atoms with Crippen molar-refractivity contribution in [1.29, 1.82) is 0 Å². The molecule has 0 N–H and O–H groups in total. The molecule has 19 heavy (non-hydrogen) atoms. The zero-order valence-corrected chi connectivity index (χ0v) is 12.7. The van der Waals surface area contributed by atoms with Crippen molar-refractivity contribution < 1.29 is 14.3 Å². The Morgan fingerprint density at radius 2 is 2.00 bits per heavy atom. The summed E-state index contributed by atoms with van der Waals surface area (Å²) in [5.41, 5.74) is 0.879. The molecule has 0 amide bonds. The van der Waals surface area contributed by atoms with E-state index in [9.17, 15) is 4.79 Å². The summed E-state index contributed by atoms with van der Waals surface area (Å²) in [6, 6.07) is 0. The van der Waals surface area contributed by atoms with E-state index in [0.717, 1.165) is 54.5 Å². The maximum Gasteiger partial charge on any atom is 0.186 e. The van der Waals surface area contributed by atoms with Gasteiger partial charge >= 0.3 is 0 Å². The van der Waals surface area contributed by atoms with Crippen molar-refractivity contribution in [2.75, 3.05) is 45.4 Å². The summed E-state index contributed by atoms with van der Waals surface area (Å²) >= 11 is 1.45. The quantitative estimate of drug-likeness (QED) is 0.486. The molecule has 0 saturated heterocycles. The number of hydrogen-bond donors (Lipinski definition) is 0. The largest absolute Gasteiger partial charge is 0.385 e. The first-order valence-corrected chi connectivity index (χ1v) is 7.26. The first-order valence-electron chi connectivity index (χ1n) is 6.44. The fourth-order valence-corrected chi connectivity index (χ4v) is 2.76. The molecular weight excluding hydrogens is 264 g/mol. The number of thiazole rings is 1. The first kappa shape index (κ1) is 16.1. The van der Waals surface area contributed by atoms with Crippen LogP contribution in [0.5, 0.6) is 0 Å². The Morgan fingerprint density at radius 1 is 1.26 bits per heavy atom. The van der Waals surface area contributed by atoms with Crippen LogP contribution in [0.4, 0.5) is 5.13 Å². The van der Waals surface area contributed by atoms with E-state index in [1.807, 2.05) is 6.92 Å². The third kappa shape index (κ3) is 4.89. The van der Waals surface area contributed by atoms with Crippen molar-refractivity contribution in [3.8, 4) is 0 Å². The molecule has 0 fully saturated rings. The van der Waals surface area contributed by atoms with Gasteiger partial charge in [0.1, 0.15) is 0 Å². The Balaban J connectivity index is 2.76. The number of carbonyl (C=O) groups is 1. The lowest BCUT2D eigenvalue weighted by atomic mass is 10.3. The average molecular weight is 286 g/mol. The van der Waals surface area contributed by atoms with Crippen LogP contribution < -0.4 is 4.90 Å². The second-order valence-electron chi connectivity index (χ2n) is 4.10. The van der Waals surface area contributed by atoms with Gasteiger partial charge in [0.25, 0.3) is 0 Å². The topological polar surface area (TPSA) is 51.7 Å². The maximum atomic E-state index is 11.0. The lowest BCUT2D eigenvalue weighted by Crippen LogP contribution is -2.28. The Bertz CT molecular complexity index is 382. The minimum absolute atomic E-state index is 0.643. The van der Waals surface area contributed by atoms with Gasteiger partial charge in [0.15, 0.2) is 11.4 Å². The van der Waals surface area contributed by atoms with Gasteiger partial charge in [-0.25, -0.2) is 4.98 Å². The molecule has 0 bridgehead atoms. The van der Waals surface area contributed by atoms with Crippen LogP contribution in [0.25, 0.3) is 0 Å². The normalized spacial score (nSPS) is 10.7. The standard InChI is InChI=1S/C13H22N2O3S/c1-4-11-12(10-16)19-13(14-11)15(7-9-18-3)6-5-8-17-2/h10H,4-9H2,1-3H3. The van der Waals surface area contributed by atoms with E-state index >= 15 is 0 Å². The van der Waals surface area contributed by atoms with Gasteiger partial charge < -0.3 is 14.4 Å². The number of rotatable bonds is 10. The third-order valence-corrected chi connectivity index (χ3v) is 3.85. The number of aldehydes is 1. The van der Waals surface area contributed by atoms with Gasteiger partial charge in [0.05, 0.1) is 17.2 Å². The minimum atomic E-state index is 0.643. The fourth-order valence-electron chi connectivity index (χ4n) is 1.74. The molecule has 0 atom stereocenters. The number of aryl methyl sites for hydroxylation is 1. The molecule has 0 aliphatic carbocycles. The van der Waals surface area contributed by atoms with E-state index < -0.39 is 0 Å². The summed E-state index contributed by atoms with van der Waals surface area (Å²) in [6.07, 6.45) is 2.60. The van der Waals surface area contributed by atoms with Crippen LogP contribution in [-0.2, 0) is 15.9 Å². The number of ether oxygens (including phenoxy) is 2. The molecule has 0 spiro atoms. The highest BCUT2D eigenvalue weighted by Crippen LogP contribution is 2.25. The number of hydrogen-bond acceptors (Lipinski definition) is 6. The highest BCUT2D eigenvalue weighted by Gasteiger charge is 2.14. The summed E-state index contributed by atoms with van der Waals surface area (Å²) in [7, 11) is 3.38. The van der Waals surface area contributed by atoms with Crippen LogP contribution in [0.15, 0.2) is 0 Å². The number of methoxy groups -OCH3 is 2. The van der Waals surface area contributed by atoms with Crippen molar-refractivity contribution >= 4 is 22.8 Å². The summed E-state index contributed by atoms with van der Waals surface area (Å²) in [5, 5.41) is 0.895. The van der Waals surface area contributed by atoms with Gasteiger partial charge in [-0.3, -0.25) is 4.79 Å². The van der Waals surface area contributed by atoms with Gasteiger partial charge in [-0.1, -0.05) is 18.3 Å². The third-order valence-electron chi connectivity index (χ3n) is 2.77. The molecule has 1 aromatic heterocycles. The van der Waals surface area contributed by atoms with E-state index in [4.69, 9.17) is 9.47 Å². The predicted molar refractivity (Wildman–Crippen MR) is 77.5 cm³/mol. The molecule has 0 aromatic carbocycles. The maximum absolute atomic E-state index is 11.0. The molecule has 5 nitrogen and oxygen atoms in total. The van der Waals surface area contributed by atoms with Gasteiger partial charge in [-0.05, 0) is 12.8 Å². The van der Waals surface area contributed by atoms with Gasteiger partial charge in [0, 0.05) is 33.9 Å². The molecular formula is C13H22N2O3S. The summed E-state index contributed by atoms with van der Waals surface area (Å²) in [4.78, 5) is 18.4. The van der Waals surface area contributed by atoms with E-state index in [1.165, 1.54) is 11.3 Å². The zero-order valence-electron chi connectivity index (χ0n) is 11.8. The summed E-state index contributed by atoms with van der Waals surface area (Å²) in [5.74, 6) is 0. The van der Waals surface area contributed by atoms with Gasteiger partial charge in [-0.15, -0.1) is 0 Å². The van der Waals surface area contributed by atoms with E-state index in [-0.39, 0.29) is 0 Å². The Labute approximate surface area is 118 Å². The Kier molecular flexibility index (Phi) is 7.62. The highest BCUT2D eigenvalue weighted by molar-refractivity contribution is 7.17.